The Morgan fingerprint density at radius 3 is 0.750 bits per heavy atom. The summed E-state index contributed by atoms with van der Waals surface area (Å²) in [6.07, 6.45) is 0. The summed E-state index contributed by atoms with van der Waals surface area (Å²) in [6.45, 7) is 8.86. The molecule has 0 saturated heterocycles. The van der Waals surface area contributed by atoms with Crippen molar-refractivity contribution < 1.29 is 37.9 Å². The number of rotatable bonds is 25. The molecule has 0 aliphatic rings. The molecule has 0 aliphatic heterocycles. The van der Waals surface area contributed by atoms with E-state index in [0.29, 0.717) is 106 Å². The maximum atomic E-state index is 5.56. The van der Waals surface area contributed by atoms with Crippen molar-refractivity contribution in [1.29, 1.82) is 0 Å². The van der Waals surface area contributed by atoms with Crippen LogP contribution >= 0.6 is 0 Å². The second-order valence-electron chi connectivity index (χ2n) is 7.75. The predicted molar refractivity (Wildman–Crippen MR) is 137 cm³/mol. The highest BCUT2D eigenvalue weighted by Gasteiger charge is 1.96. The van der Waals surface area contributed by atoms with E-state index < -0.39 is 0 Å². The Morgan fingerprint density at radius 2 is 0.500 bits per heavy atom. The van der Waals surface area contributed by atoms with Gasteiger partial charge < -0.3 is 37.9 Å². The molecule has 8 heteroatoms. The lowest BCUT2D eigenvalue weighted by molar-refractivity contribution is -0.0240. The maximum absolute atomic E-state index is 5.56. The number of benzene rings is 2. The molecule has 0 unspecified atom stereocenters. The van der Waals surface area contributed by atoms with Crippen molar-refractivity contribution in [2.24, 2.45) is 0 Å². The first kappa shape index (κ1) is 30.3. The highest BCUT2D eigenvalue weighted by molar-refractivity contribution is 5.14. The highest BCUT2D eigenvalue weighted by atomic mass is 16.6. The molecule has 0 radical (unpaired) electrons. The highest BCUT2D eigenvalue weighted by Crippen LogP contribution is 2.01. The molecule has 0 amide bonds. The minimum Gasteiger partial charge on any atom is -0.377 e. The molecule has 202 valence electrons. The molecule has 8 nitrogen and oxygen atoms in total. The summed E-state index contributed by atoms with van der Waals surface area (Å²) in [6, 6.07) is 20.2. The van der Waals surface area contributed by atoms with Gasteiger partial charge in [-0.05, 0) is 11.1 Å². The summed E-state index contributed by atoms with van der Waals surface area (Å²) in [5, 5.41) is 0. The van der Waals surface area contributed by atoms with Gasteiger partial charge in [0.15, 0.2) is 0 Å². The van der Waals surface area contributed by atoms with Crippen LogP contribution < -0.4 is 0 Å². The molecule has 2 aromatic carbocycles. The average molecular weight is 507 g/mol. The Morgan fingerprint density at radius 1 is 0.278 bits per heavy atom. The monoisotopic (exact) mass is 506 g/mol. The largest absolute Gasteiger partial charge is 0.377 e. The van der Waals surface area contributed by atoms with E-state index in [1.807, 2.05) is 60.7 Å². The quantitative estimate of drug-likeness (QED) is 0.190. The third-order valence-corrected chi connectivity index (χ3v) is 4.83. The van der Waals surface area contributed by atoms with Crippen LogP contribution in [0.5, 0.6) is 0 Å². The molecule has 2 rings (SSSR count). The summed E-state index contributed by atoms with van der Waals surface area (Å²) in [4.78, 5) is 0. The van der Waals surface area contributed by atoms with E-state index in [9.17, 15) is 0 Å². The second kappa shape index (κ2) is 23.5. The van der Waals surface area contributed by atoms with Gasteiger partial charge in [-0.15, -0.1) is 0 Å². The van der Waals surface area contributed by atoms with E-state index in [-0.39, 0.29) is 0 Å². The summed E-state index contributed by atoms with van der Waals surface area (Å²) in [5.74, 6) is 0. The average Bonchev–Trinajstić information content (AvgIpc) is 2.92. The minimum atomic E-state index is 0.532. The molecule has 0 atom stereocenters. The Bertz CT molecular complexity index is 640. The van der Waals surface area contributed by atoms with Gasteiger partial charge >= 0.3 is 0 Å². The Hall–Kier alpha value is -1.88. The lowest BCUT2D eigenvalue weighted by Crippen LogP contribution is -2.15. The van der Waals surface area contributed by atoms with E-state index in [4.69, 9.17) is 37.9 Å². The van der Waals surface area contributed by atoms with Crippen LogP contribution in [0.15, 0.2) is 60.7 Å². The minimum absolute atomic E-state index is 0.532. The van der Waals surface area contributed by atoms with Gasteiger partial charge in [0, 0.05) is 0 Å². The molecule has 0 spiro atoms. The van der Waals surface area contributed by atoms with Crippen LogP contribution in [0.25, 0.3) is 0 Å². The van der Waals surface area contributed by atoms with Crippen LogP contribution in [0.4, 0.5) is 0 Å². The van der Waals surface area contributed by atoms with Gasteiger partial charge in [0.05, 0.1) is 106 Å². The van der Waals surface area contributed by atoms with Gasteiger partial charge in [-0.1, -0.05) is 60.7 Å². The van der Waals surface area contributed by atoms with Crippen molar-refractivity contribution in [2.45, 2.75) is 13.2 Å². The van der Waals surface area contributed by atoms with Gasteiger partial charge in [0.1, 0.15) is 0 Å². The van der Waals surface area contributed by atoms with Crippen molar-refractivity contribution in [3.05, 3.63) is 71.8 Å². The number of hydrogen-bond donors (Lipinski definition) is 0. The predicted octanol–water partition coefficient (Wildman–Crippen LogP) is 3.52. The number of hydrogen-bond acceptors (Lipinski definition) is 8. The molecule has 0 bridgehead atoms. The van der Waals surface area contributed by atoms with E-state index in [1.54, 1.807) is 0 Å². The topological polar surface area (TPSA) is 73.8 Å². The molecular weight excluding hydrogens is 464 g/mol. The number of ether oxygens (including phenoxy) is 8. The van der Waals surface area contributed by atoms with Crippen LogP contribution in [-0.2, 0) is 51.1 Å². The Balaban J connectivity index is 1.18. The molecule has 0 heterocycles. The van der Waals surface area contributed by atoms with Crippen LogP contribution in [0.3, 0.4) is 0 Å². The van der Waals surface area contributed by atoms with Crippen molar-refractivity contribution in [3.63, 3.8) is 0 Å². The zero-order valence-electron chi connectivity index (χ0n) is 21.4. The van der Waals surface area contributed by atoms with E-state index >= 15 is 0 Å². The summed E-state index contributed by atoms with van der Waals surface area (Å²) in [7, 11) is 0. The normalized spacial score (nSPS) is 11.2. The second-order valence-corrected chi connectivity index (χ2v) is 7.75. The van der Waals surface area contributed by atoms with Crippen LogP contribution in [0, 0.1) is 0 Å². The van der Waals surface area contributed by atoms with Gasteiger partial charge in [-0.25, -0.2) is 0 Å². The lowest BCUT2D eigenvalue weighted by atomic mass is 10.2. The van der Waals surface area contributed by atoms with Crippen LogP contribution in [0.2, 0.25) is 0 Å². The van der Waals surface area contributed by atoms with E-state index in [0.717, 1.165) is 11.1 Å². The fourth-order valence-electron chi connectivity index (χ4n) is 2.97. The van der Waals surface area contributed by atoms with Gasteiger partial charge in [-0.2, -0.15) is 0 Å². The molecule has 0 aliphatic carbocycles. The van der Waals surface area contributed by atoms with Crippen molar-refractivity contribution in [2.75, 3.05) is 92.5 Å². The van der Waals surface area contributed by atoms with Crippen LogP contribution in [0.1, 0.15) is 11.1 Å². The van der Waals surface area contributed by atoms with Crippen LogP contribution in [-0.4, -0.2) is 92.5 Å². The van der Waals surface area contributed by atoms with Crippen molar-refractivity contribution >= 4 is 0 Å². The van der Waals surface area contributed by atoms with E-state index in [2.05, 4.69) is 0 Å². The lowest BCUT2D eigenvalue weighted by Gasteiger charge is -2.09. The fourth-order valence-corrected chi connectivity index (χ4v) is 2.97. The third-order valence-electron chi connectivity index (χ3n) is 4.83. The standard InChI is InChI=1S/C28H42O8/c1-3-7-27(8-4-1)25-35-23-21-33-19-17-31-15-13-29-11-12-30-14-16-32-18-20-34-22-24-36-26-28-9-5-2-6-10-28/h1-10H,11-26H2. The smallest absolute Gasteiger partial charge is 0.0718 e. The Kier molecular flexibility index (Phi) is 19.8. The van der Waals surface area contributed by atoms with Gasteiger partial charge in [-0.3, -0.25) is 0 Å². The zero-order valence-corrected chi connectivity index (χ0v) is 21.4. The molecular formula is C28H42O8. The van der Waals surface area contributed by atoms with Gasteiger partial charge in [0.2, 0.25) is 0 Å². The molecule has 2 aromatic rings. The first-order valence-electron chi connectivity index (χ1n) is 12.6. The molecule has 0 fully saturated rings. The zero-order chi connectivity index (χ0) is 25.2. The molecule has 0 N–H and O–H groups in total. The summed E-state index contributed by atoms with van der Waals surface area (Å²) in [5.41, 5.74) is 2.33. The third kappa shape index (κ3) is 18.4. The first-order valence-corrected chi connectivity index (χ1v) is 12.6. The SMILES string of the molecule is c1ccc(COCCOCCOCCOCCOCCOCCOCCOCc2ccccc2)cc1. The summed E-state index contributed by atoms with van der Waals surface area (Å²) < 4.78 is 44.0. The molecule has 0 saturated carbocycles. The molecule has 0 aromatic heterocycles. The van der Waals surface area contributed by atoms with E-state index in [1.165, 1.54) is 0 Å². The molecule has 36 heavy (non-hydrogen) atoms. The van der Waals surface area contributed by atoms with Crippen molar-refractivity contribution in [3.8, 4) is 0 Å². The van der Waals surface area contributed by atoms with Gasteiger partial charge in [0.25, 0.3) is 0 Å². The maximum Gasteiger partial charge on any atom is 0.0718 e. The van der Waals surface area contributed by atoms with Crippen molar-refractivity contribution in [1.82, 2.24) is 0 Å². The first-order chi connectivity index (χ1) is 17.9. The summed E-state index contributed by atoms with van der Waals surface area (Å²) >= 11 is 0. The Labute approximate surface area is 215 Å². The fraction of sp³-hybridized carbons (Fsp3) is 0.571.